The maximum Gasteiger partial charge on any atom is 0.243 e. The fourth-order valence-corrected chi connectivity index (χ4v) is 3.70. The first-order valence-electron chi connectivity index (χ1n) is 6.15. The van der Waals surface area contributed by atoms with Gasteiger partial charge in [0.2, 0.25) is 10.0 Å². The number of likely N-dealkylation sites (N-methyl/N-ethyl adjacent to an activating group) is 1. The lowest BCUT2D eigenvalue weighted by atomic mass is 10.1. The van der Waals surface area contributed by atoms with Crippen LogP contribution in [0.1, 0.15) is 12.8 Å². The number of nitrogens with one attached hydrogen (secondary N) is 1. The number of anilines is 1. The molecule has 0 spiro atoms. The van der Waals surface area contributed by atoms with Crippen LogP contribution in [0, 0.1) is 5.82 Å². The highest BCUT2D eigenvalue weighted by Gasteiger charge is 2.25. The van der Waals surface area contributed by atoms with E-state index in [0.717, 1.165) is 25.5 Å². The van der Waals surface area contributed by atoms with Crippen molar-refractivity contribution in [3.05, 3.63) is 24.0 Å². The van der Waals surface area contributed by atoms with Crippen LogP contribution < -0.4 is 10.5 Å². The highest BCUT2D eigenvalue weighted by molar-refractivity contribution is 7.89. The van der Waals surface area contributed by atoms with Crippen molar-refractivity contribution in [1.82, 2.24) is 9.62 Å². The van der Waals surface area contributed by atoms with Crippen LogP contribution in [-0.2, 0) is 10.0 Å². The molecule has 0 amide bonds. The lowest BCUT2D eigenvalue weighted by Gasteiger charge is -2.30. The number of hydrogen-bond donors (Lipinski definition) is 2. The number of sulfonamides is 1. The molecular formula is C12H18FN3O2S. The Bertz CT molecular complexity index is 562. The second-order valence-corrected chi connectivity index (χ2v) is 6.56. The number of hydrogen-bond acceptors (Lipinski definition) is 4. The number of piperidine rings is 1. The average molecular weight is 287 g/mol. The number of nitrogen functional groups attached to an aromatic ring is 1. The van der Waals surface area contributed by atoms with Crippen molar-refractivity contribution >= 4 is 15.7 Å². The number of halogens is 1. The molecule has 19 heavy (non-hydrogen) atoms. The molecule has 1 fully saturated rings. The predicted octanol–water partition coefficient (Wildman–Crippen LogP) is 0.780. The Morgan fingerprint density at radius 1 is 1.47 bits per heavy atom. The van der Waals surface area contributed by atoms with Gasteiger partial charge in [-0.15, -0.1) is 0 Å². The van der Waals surface area contributed by atoms with Crippen molar-refractivity contribution in [3.8, 4) is 0 Å². The first kappa shape index (κ1) is 14.2. The van der Waals surface area contributed by atoms with Crippen LogP contribution in [0.15, 0.2) is 23.1 Å². The summed E-state index contributed by atoms with van der Waals surface area (Å²) in [6.45, 7) is 1.61. The molecule has 1 atom stereocenters. The summed E-state index contributed by atoms with van der Waals surface area (Å²) >= 11 is 0. The number of nitrogens with two attached hydrogens (primary N) is 1. The Labute approximate surface area is 112 Å². The van der Waals surface area contributed by atoms with Gasteiger partial charge in [-0.2, -0.15) is 0 Å². The summed E-state index contributed by atoms with van der Waals surface area (Å²) in [7, 11) is -1.84. The minimum absolute atomic E-state index is 0.161. The minimum Gasteiger partial charge on any atom is -0.395 e. The molecule has 1 saturated heterocycles. The number of likely N-dealkylation sites (tertiary alicyclic amines) is 1. The maximum atomic E-state index is 13.3. The molecule has 0 aromatic heterocycles. The quantitative estimate of drug-likeness (QED) is 0.806. The number of rotatable bonds is 3. The van der Waals surface area contributed by atoms with Gasteiger partial charge in [-0.1, -0.05) is 6.07 Å². The van der Waals surface area contributed by atoms with Gasteiger partial charge in [-0.05, 0) is 38.6 Å². The maximum absolute atomic E-state index is 13.3. The van der Waals surface area contributed by atoms with Gasteiger partial charge in [0.25, 0.3) is 0 Å². The van der Waals surface area contributed by atoms with Gasteiger partial charge < -0.3 is 10.6 Å². The second kappa shape index (κ2) is 5.44. The highest BCUT2D eigenvalue weighted by Crippen LogP contribution is 2.22. The summed E-state index contributed by atoms with van der Waals surface area (Å²) in [6, 6.07) is 3.63. The van der Waals surface area contributed by atoms with Gasteiger partial charge in [-0.3, -0.25) is 0 Å². The van der Waals surface area contributed by atoms with Crippen molar-refractivity contribution < 1.29 is 12.8 Å². The molecule has 0 saturated carbocycles. The number of nitrogens with zero attached hydrogens (tertiary/aromatic N) is 1. The van der Waals surface area contributed by atoms with E-state index >= 15 is 0 Å². The molecule has 7 heteroatoms. The summed E-state index contributed by atoms with van der Waals surface area (Å²) in [5, 5.41) is 0. The number of para-hydroxylation sites is 1. The molecule has 5 nitrogen and oxygen atoms in total. The van der Waals surface area contributed by atoms with E-state index in [1.165, 1.54) is 12.1 Å². The Hall–Kier alpha value is -1.18. The molecule has 0 bridgehead atoms. The standard InChI is InChI=1S/C12H18FN3O2S/c1-16-7-3-4-9(8-16)15-19(17,18)11-6-2-5-10(13)12(11)14/h2,5-6,9,15H,3-4,7-8,14H2,1H3. The monoisotopic (exact) mass is 287 g/mol. The van der Waals surface area contributed by atoms with E-state index in [1.807, 2.05) is 7.05 Å². The van der Waals surface area contributed by atoms with Crippen LogP contribution >= 0.6 is 0 Å². The fraction of sp³-hybridized carbons (Fsp3) is 0.500. The number of benzene rings is 1. The normalized spacial score (nSPS) is 21.5. The summed E-state index contributed by atoms with van der Waals surface area (Å²) in [5.41, 5.74) is 5.16. The SMILES string of the molecule is CN1CCCC(NS(=O)(=O)c2cccc(F)c2N)C1. The van der Waals surface area contributed by atoms with Gasteiger partial charge in [0.05, 0.1) is 5.69 Å². The summed E-state index contributed by atoms with van der Waals surface area (Å²) in [6.07, 6.45) is 1.71. The largest absolute Gasteiger partial charge is 0.395 e. The van der Waals surface area contributed by atoms with Crippen LogP contribution in [0.2, 0.25) is 0 Å². The Morgan fingerprint density at radius 2 is 2.21 bits per heavy atom. The Morgan fingerprint density at radius 3 is 2.89 bits per heavy atom. The third-order valence-corrected chi connectivity index (χ3v) is 4.83. The van der Waals surface area contributed by atoms with Crippen molar-refractivity contribution in [2.24, 2.45) is 0 Å². The Kier molecular flexibility index (Phi) is 4.07. The molecule has 106 valence electrons. The van der Waals surface area contributed by atoms with Crippen LogP contribution in [0.25, 0.3) is 0 Å². The second-order valence-electron chi connectivity index (χ2n) is 4.87. The first-order chi connectivity index (χ1) is 8.90. The van der Waals surface area contributed by atoms with Crippen LogP contribution in [0.3, 0.4) is 0 Å². The Balaban J connectivity index is 2.20. The van der Waals surface area contributed by atoms with Gasteiger partial charge in [0.15, 0.2) is 0 Å². The summed E-state index contributed by atoms with van der Waals surface area (Å²) in [5.74, 6) is -0.719. The van der Waals surface area contributed by atoms with Gasteiger partial charge in [0.1, 0.15) is 10.7 Å². The third kappa shape index (κ3) is 3.23. The molecule has 1 aromatic carbocycles. The van der Waals surface area contributed by atoms with Gasteiger partial charge in [0, 0.05) is 12.6 Å². The van der Waals surface area contributed by atoms with E-state index in [9.17, 15) is 12.8 Å². The van der Waals surface area contributed by atoms with E-state index in [4.69, 9.17) is 5.73 Å². The summed E-state index contributed by atoms with van der Waals surface area (Å²) < 4.78 is 40.3. The van der Waals surface area contributed by atoms with Gasteiger partial charge >= 0.3 is 0 Å². The molecule has 0 aliphatic carbocycles. The highest BCUT2D eigenvalue weighted by atomic mass is 32.2. The molecule has 0 radical (unpaired) electrons. The predicted molar refractivity (Wildman–Crippen MR) is 71.7 cm³/mol. The molecule has 1 unspecified atom stereocenters. The molecule has 1 aliphatic heterocycles. The van der Waals surface area contributed by atoms with Crippen LogP contribution in [-0.4, -0.2) is 39.5 Å². The third-order valence-electron chi connectivity index (χ3n) is 3.25. The van der Waals surface area contributed by atoms with E-state index < -0.39 is 15.8 Å². The smallest absolute Gasteiger partial charge is 0.243 e. The van der Waals surface area contributed by atoms with Crippen molar-refractivity contribution in [2.75, 3.05) is 25.9 Å². The van der Waals surface area contributed by atoms with E-state index in [2.05, 4.69) is 9.62 Å². The van der Waals surface area contributed by atoms with Crippen LogP contribution in [0.5, 0.6) is 0 Å². The average Bonchev–Trinajstić information content (AvgIpc) is 2.32. The molecule has 1 heterocycles. The zero-order valence-electron chi connectivity index (χ0n) is 10.8. The molecule has 2 rings (SSSR count). The fourth-order valence-electron chi connectivity index (χ4n) is 2.30. The molecule has 1 aliphatic rings. The van der Waals surface area contributed by atoms with Gasteiger partial charge in [-0.25, -0.2) is 17.5 Å². The molecule has 1 aromatic rings. The summed E-state index contributed by atoms with van der Waals surface area (Å²) in [4.78, 5) is 1.87. The molecular weight excluding hydrogens is 269 g/mol. The van der Waals surface area contributed by atoms with E-state index in [-0.39, 0.29) is 16.6 Å². The lowest BCUT2D eigenvalue weighted by Crippen LogP contribution is -2.46. The van der Waals surface area contributed by atoms with E-state index in [0.29, 0.717) is 6.54 Å². The molecule has 3 N–H and O–H groups in total. The van der Waals surface area contributed by atoms with Crippen molar-refractivity contribution in [3.63, 3.8) is 0 Å². The minimum atomic E-state index is -3.78. The topological polar surface area (TPSA) is 75.4 Å². The first-order valence-corrected chi connectivity index (χ1v) is 7.63. The zero-order chi connectivity index (χ0) is 14.0. The van der Waals surface area contributed by atoms with Crippen molar-refractivity contribution in [2.45, 2.75) is 23.8 Å². The lowest BCUT2D eigenvalue weighted by molar-refractivity contribution is 0.242. The van der Waals surface area contributed by atoms with E-state index in [1.54, 1.807) is 0 Å². The van der Waals surface area contributed by atoms with Crippen molar-refractivity contribution in [1.29, 1.82) is 0 Å². The zero-order valence-corrected chi connectivity index (χ0v) is 11.6. The van der Waals surface area contributed by atoms with Crippen LogP contribution in [0.4, 0.5) is 10.1 Å².